The Morgan fingerprint density at radius 2 is 1.78 bits per heavy atom. The molecule has 2 heterocycles. The van der Waals surface area contributed by atoms with Gasteiger partial charge in [-0.1, -0.05) is 18.2 Å². The minimum Gasteiger partial charge on any atom is -0.492 e. The second kappa shape index (κ2) is 5.29. The summed E-state index contributed by atoms with van der Waals surface area (Å²) in [6.45, 7) is 1.82. The van der Waals surface area contributed by atoms with Crippen molar-refractivity contribution in [3.05, 3.63) is 30.3 Å². The van der Waals surface area contributed by atoms with E-state index in [0.29, 0.717) is 18.1 Å². The molecule has 3 heteroatoms. The van der Waals surface area contributed by atoms with E-state index >= 15 is 0 Å². The monoisotopic (exact) mass is 246 g/mol. The molecule has 98 valence electrons. The van der Waals surface area contributed by atoms with Crippen molar-refractivity contribution in [1.29, 1.82) is 0 Å². The molecule has 2 fully saturated rings. The fraction of sp³-hybridized carbons (Fsp3) is 0.600. The van der Waals surface area contributed by atoms with Gasteiger partial charge in [-0.25, -0.2) is 0 Å². The van der Waals surface area contributed by atoms with Crippen LogP contribution < -0.4 is 10.5 Å². The van der Waals surface area contributed by atoms with Crippen LogP contribution in [0.4, 0.5) is 0 Å². The first-order chi connectivity index (χ1) is 8.83. The molecule has 18 heavy (non-hydrogen) atoms. The number of hydrogen-bond donors (Lipinski definition) is 1. The highest BCUT2D eigenvalue weighted by Gasteiger charge is 2.39. The maximum absolute atomic E-state index is 6.08. The van der Waals surface area contributed by atoms with E-state index in [4.69, 9.17) is 10.5 Å². The van der Waals surface area contributed by atoms with Crippen LogP contribution in [0.25, 0.3) is 0 Å². The number of piperidine rings is 1. The smallest absolute Gasteiger partial charge is 0.119 e. The number of hydrogen-bond acceptors (Lipinski definition) is 3. The van der Waals surface area contributed by atoms with Crippen molar-refractivity contribution in [2.45, 2.75) is 43.8 Å². The minimum absolute atomic E-state index is 0.425. The van der Waals surface area contributed by atoms with Crippen molar-refractivity contribution in [3.63, 3.8) is 0 Å². The van der Waals surface area contributed by atoms with Gasteiger partial charge in [-0.2, -0.15) is 0 Å². The van der Waals surface area contributed by atoms with Gasteiger partial charge < -0.3 is 10.5 Å². The molecule has 0 aliphatic carbocycles. The Hall–Kier alpha value is -1.06. The first-order valence-electron chi connectivity index (χ1n) is 7.02. The predicted molar refractivity (Wildman–Crippen MR) is 72.7 cm³/mol. The quantitative estimate of drug-likeness (QED) is 0.883. The lowest BCUT2D eigenvalue weighted by Crippen LogP contribution is -2.48. The van der Waals surface area contributed by atoms with Gasteiger partial charge in [0.15, 0.2) is 0 Å². The zero-order chi connectivity index (χ0) is 12.4. The molecule has 2 bridgehead atoms. The summed E-state index contributed by atoms with van der Waals surface area (Å²) in [7, 11) is 0. The summed E-state index contributed by atoms with van der Waals surface area (Å²) in [5, 5.41) is 0. The molecule has 0 radical (unpaired) electrons. The van der Waals surface area contributed by atoms with Crippen molar-refractivity contribution in [2.75, 3.05) is 13.2 Å². The van der Waals surface area contributed by atoms with E-state index < -0.39 is 0 Å². The van der Waals surface area contributed by atoms with Gasteiger partial charge in [0.1, 0.15) is 12.4 Å². The van der Waals surface area contributed by atoms with E-state index in [1.807, 2.05) is 30.3 Å². The van der Waals surface area contributed by atoms with Crippen LogP contribution in [0.1, 0.15) is 25.7 Å². The zero-order valence-electron chi connectivity index (χ0n) is 10.8. The van der Waals surface area contributed by atoms with Crippen molar-refractivity contribution in [3.8, 4) is 5.75 Å². The van der Waals surface area contributed by atoms with E-state index in [-0.39, 0.29) is 0 Å². The number of nitrogens with zero attached hydrogens (tertiary/aromatic N) is 1. The van der Waals surface area contributed by atoms with Crippen LogP contribution >= 0.6 is 0 Å². The van der Waals surface area contributed by atoms with E-state index in [1.54, 1.807) is 0 Å². The average Bonchev–Trinajstić information content (AvgIpc) is 2.63. The standard InChI is InChI=1S/C15H22N2O/c16-12-10-13-6-7-14(11-12)17(13)8-9-18-15-4-2-1-3-5-15/h1-5,12-14H,6-11,16H2. The second-order valence-electron chi connectivity index (χ2n) is 5.52. The average molecular weight is 246 g/mol. The molecule has 3 nitrogen and oxygen atoms in total. The molecule has 2 aliphatic rings. The highest BCUT2D eigenvalue weighted by molar-refractivity contribution is 5.20. The highest BCUT2D eigenvalue weighted by atomic mass is 16.5. The molecule has 2 atom stereocenters. The van der Waals surface area contributed by atoms with Gasteiger partial charge in [-0.15, -0.1) is 0 Å². The van der Waals surface area contributed by atoms with Crippen LogP contribution in [0.5, 0.6) is 5.75 Å². The summed E-state index contributed by atoms with van der Waals surface area (Å²) >= 11 is 0. The van der Waals surface area contributed by atoms with Crippen molar-refractivity contribution in [2.24, 2.45) is 5.73 Å². The summed E-state index contributed by atoms with van der Waals surface area (Å²) in [4.78, 5) is 2.62. The lowest BCUT2D eigenvalue weighted by molar-refractivity contribution is 0.106. The lowest BCUT2D eigenvalue weighted by Gasteiger charge is -2.37. The van der Waals surface area contributed by atoms with Crippen LogP contribution in [0, 0.1) is 0 Å². The first-order valence-corrected chi connectivity index (χ1v) is 7.02. The molecule has 0 saturated carbocycles. The molecular formula is C15H22N2O. The Labute approximate surface area is 109 Å². The number of ether oxygens (including phenoxy) is 1. The van der Waals surface area contributed by atoms with Gasteiger partial charge in [-0.3, -0.25) is 4.90 Å². The first kappa shape index (κ1) is 12.0. The fourth-order valence-electron chi connectivity index (χ4n) is 3.47. The number of rotatable bonds is 4. The Morgan fingerprint density at radius 3 is 2.44 bits per heavy atom. The Balaban J connectivity index is 1.49. The minimum atomic E-state index is 0.425. The summed E-state index contributed by atoms with van der Waals surface area (Å²) in [5.74, 6) is 0.971. The summed E-state index contributed by atoms with van der Waals surface area (Å²) in [5.41, 5.74) is 6.08. The molecule has 0 amide bonds. The number of benzene rings is 1. The van der Waals surface area contributed by atoms with E-state index in [1.165, 1.54) is 25.7 Å². The molecule has 3 rings (SSSR count). The van der Waals surface area contributed by atoms with Gasteiger partial charge >= 0.3 is 0 Å². The molecule has 2 aliphatic heterocycles. The number of fused-ring (bicyclic) bond motifs is 2. The number of nitrogens with two attached hydrogens (primary N) is 1. The molecule has 0 spiro atoms. The highest BCUT2D eigenvalue weighted by Crippen LogP contribution is 2.34. The Kier molecular flexibility index (Phi) is 3.52. The third-order valence-corrected chi connectivity index (χ3v) is 4.28. The van der Waals surface area contributed by atoms with Gasteiger partial charge in [-0.05, 0) is 37.8 Å². The summed E-state index contributed by atoms with van der Waals surface area (Å²) in [6, 6.07) is 11.9. The summed E-state index contributed by atoms with van der Waals surface area (Å²) in [6.07, 6.45) is 4.98. The van der Waals surface area contributed by atoms with E-state index in [9.17, 15) is 0 Å². The third kappa shape index (κ3) is 2.52. The number of para-hydroxylation sites is 1. The topological polar surface area (TPSA) is 38.5 Å². The van der Waals surface area contributed by atoms with Crippen molar-refractivity contribution >= 4 is 0 Å². The SMILES string of the molecule is NC1CC2CCC(C1)N2CCOc1ccccc1. The van der Waals surface area contributed by atoms with Gasteiger partial charge in [0.05, 0.1) is 0 Å². The molecular weight excluding hydrogens is 224 g/mol. The van der Waals surface area contributed by atoms with Gasteiger partial charge in [0.25, 0.3) is 0 Å². The van der Waals surface area contributed by atoms with Crippen molar-refractivity contribution < 1.29 is 4.74 Å². The van der Waals surface area contributed by atoms with E-state index in [0.717, 1.165) is 18.9 Å². The van der Waals surface area contributed by atoms with Crippen LogP contribution in [0.3, 0.4) is 0 Å². The Morgan fingerprint density at radius 1 is 1.11 bits per heavy atom. The lowest BCUT2D eigenvalue weighted by atomic mass is 9.98. The van der Waals surface area contributed by atoms with E-state index in [2.05, 4.69) is 4.90 Å². The van der Waals surface area contributed by atoms with Crippen molar-refractivity contribution in [1.82, 2.24) is 4.90 Å². The molecule has 1 aromatic carbocycles. The molecule has 2 N–H and O–H groups in total. The molecule has 0 aromatic heterocycles. The second-order valence-corrected chi connectivity index (χ2v) is 5.52. The fourth-order valence-corrected chi connectivity index (χ4v) is 3.47. The van der Waals surface area contributed by atoms with Crippen LogP contribution in [0.15, 0.2) is 30.3 Å². The molecule has 2 saturated heterocycles. The van der Waals surface area contributed by atoms with Gasteiger partial charge in [0.2, 0.25) is 0 Å². The molecule has 2 unspecified atom stereocenters. The zero-order valence-corrected chi connectivity index (χ0v) is 10.8. The predicted octanol–water partition coefficient (Wildman–Crippen LogP) is 2.02. The maximum atomic E-state index is 6.08. The Bertz CT molecular complexity index is 367. The maximum Gasteiger partial charge on any atom is 0.119 e. The summed E-state index contributed by atoms with van der Waals surface area (Å²) < 4.78 is 5.79. The normalized spacial score (nSPS) is 31.5. The third-order valence-electron chi connectivity index (χ3n) is 4.28. The van der Waals surface area contributed by atoms with Crippen LogP contribution in [-0.4, -0.2) is 36.2 Å². The largest absolute Gasteiger partial charge is 0.492 e. The van der Waals surface area contributed by atoms with Crippen LogP contribution in [0.2, 0.25) is 0 Å². The van der Waals surface area contributed by atoms with Gasteiger partial charge in [0, 0.05) is 24.7 Å². The van der Waals surface area contributed by atoms with Crippen LogP contribution in [-0.2, 0) is 0 Å². The molecule has 1 aromatic rings.